The van der Waals surface area contributed by atoms with Crippen LogP contribution >= 0.6 is 0 Å². The highest BCUT2D eigenvalue weighted by atomic mass is 16.5. The number of aliphatic hydroxyl groups is 1. The Balaban J connectivity index is 1.66. The third-order valence-electron chi connectivity index (χ3n) is 7.67. The van der Waals surface area contributed by atoms with Crippen molar-refractivity contribution in [2.75, 3.05) is 12.0 Å². The zero-order valence-corrected chi connectivity index (χ0v) is 17.9. The van der Waals surface area contributed by atoms with E-state index in [9.17, 15) is 14.7 Å². The Morgan fingerprint density at radius 3 is 2.03 bits per heavy atom. The van der Waals surface area contributed by atoms with Gasteiger partial charge in [0.25, 0.3) is 0 Å². The maximum absolute atomic E-state index is 14.1. The summed E-state index contributed by atoms with van der Waals surface area (Å²) in [4.78, 5) is 29.3. The van der Waals surface area contributed by atoms with Gasteiger partial charge >= 0.3 is 0 Å². The number of methoxy groups -OCH3 is 1. The van der Waals surface area contributed by atoms with Crippen molar-refractivity contribution in [2.45, 2.75) is 24.4 Å². The molecule has 0 saturated carbocycles. The molecule has 0 radical (unpaired) electrons. The monoisotopic (exact) mass is 425 g/mol. The smallest absolute Gasteiger partial charge is 0.239 e. The Hall–Kier alpha value is -3.44. The van der Waals surface area contributed by atoms with E-state index in [2.05, 4.69) is 0 Å². The standard InChI is InChI=1S/C27H23NO4/c1-15(29)27-18-11-5-3-9-16(18)22(17-10-4-6-12-19(17)27)23-24(27)26(31)28(25(23)30)20-13-7-8-14-21(20)32-2/h3-15,22-24,29H,1-2H3/t15-,22?,23+,24-,27?/m0/s1. The first-order valence-corrected chi connectivity index (χ1v) is 10.9. The molecule has 7 rings (SSSR count). The van der Waals surface area contributed by atoms with Crippen LogP contribution in [0.1, 0.15) is 35.1 Å². The number of imide groups is 1. The molecule has 1 fully saturated rings. The summed E-state index contributed by atoms with van der Waals surface area (Å²) in [6.45, 7) is 1.74. The summed E-state index contributed by atoms with van der Waals surface area (Å²) < 4.78 is 5.48. The molecular formula is C27H23NO4. The summed E-state index contributed by atoms with van der Waals surface area (Å²) in [6.07, 6.45) is -0.868. The third-order valence-corrected chi connectivity index (χ3v) is 7.67. The highest BCUT2D eigenvalue weighted by molar-refractivity contribution is 6.24. The second-order valence-corrected chi connectivity index (χ2v) is 8.88. The van der Waals surface area contributed by atoms with Crippen LogP contribution in [0, 0.1) is 11.8 Å². The fraction of sp³-hybridized carbons (Fsp3) is 0.259. The molecule has 160 valence electrons. The number of anilines is 1. The summed E-state index contributed by atoms with van der Waals surface area (Å²) >= 11 is 0. The van der Waals surface area contributed by atoms with E-state index >= 15 is 0 Å². The Morgan fingerprint density at radius 1 is 0.875 bits per heavy atom. The van der Waals surface area contributed by atoms with Crippen LogP contribution in [0.2, 0.25) is 0 Å². The predicted octanol–water partition coefficient (Wildman–Crippen LogP) is 3.63. The second kappa shape index (κ2) is 6.53. The average Bonchev–Trinajstić information content (AvgIpc) is 3.09. The molecule has 32 heavy (non-hydrogen) atoms. The summed E-state index contributed by atoms with van der Waals surface area (Å²) in [5.74, 6) is -1.53. The van der Waals surface area contributed by atoms with Crippen LogP contribution in [0.15, 0.2) is 72.8 Å². The predicted molar refractivity (Wildman–Crippen MR) is 120 cm³/mol. The minimum absolute atomic E-state index is 0.232. The van der Waals surface area contributed by atoms with E-state index in [1.807, 2.05) is 54.6 Å². The minimum Gasteiger partial charge on any atom is -0.495 e. The van der Waals surface area contributed by atoms with Gasteiger partial charge in [0.05, 0.1) is 36.2 Å². The van der Waals surface area contributed by atoms with Crippen LogP contribution in [0.3, 0.4) is 0 Å². The molecule has 4 aliphatic rings. The van der Waals surface area contributed by atoms with Crippen molar-refractivity contribution in [3.8, 4) is 5.75 Å². The van der Waals surface area contributed by atoms with Gasteiger partial charge in [-0.25, -0.2) is 4.90 Å². The van der Waals surface area contributed by atoms with E-state index in [1.165, 1.54) is 12.0 Å². The van der Waals surface area contributed by atoms with E-state index in [0.29, 0.717) is 11.4 Å². The first kappa shape index (κ1) is 19.3. The number of para-hydroxylation sites is 2. The van der Waals surface area contributed by atoms with Crippen LogP contribution in [0.4, 0.5) is 5.69 Å². The van der Waals surface area contributed by atoms with Crippen LogP contribution in [-0.2, 0) is 15.0 Å². The Labute approximate surface area is 186 Å². The van der Waals surface area contributed by atoms with E-state index in [0.717, 1.165) is 22.3 Å². The van der Waals surface area contributed by atoms with Crippen molar-refractivity contribution in [2.24, 2.45) is 11.8 Å². The quantitative estimate of drug-likeness (QED) is 0.651. The van der Waals surface area contributed by atoms with Crippen molar-refractivity contribution < 1.29 is 19.4 Å². The lowest BCUT2D eigenvalue weighted by molar-refractivity contribution is -0.126. The minimum atomic E-state index is -0.990. The number of amides is 2. The molecule has 3 aromatic carbocycles. The van der Waals surface area contributed by atoms with Crippen molar-refractivity contribution in [1.29, 1.82) is 0 Å². The number of ether oxygens (including phenoxy) is 1. The van der Waals surface area contributed by atoms with E-state index in [1.54, 1.807) is 25.1 Å². The van der Waals surface area contributed by atoms with Crippen LogP contribution in [-0.4, -0.2) is 30.1 Å². The topological polar surface area (TPSA) is 66.8 Å². The van der Waals surface area contributed by atoms with Gasteiger partial charge in [-0.1, -0.05) is 60.7 Å². The zero-order valence-electron chi connectivity index (χ0n) is 17.9. The number of aliphatic hydroxyl groups excluding tert-OH is 1. The molecule has 3 aromatic rings. The lowest BCUT2D eigenvalue weighted by Crippen LogP contribution is -2.58. The number of hydrogen-bond donors (Lipinski definition) is 1. The highest BCUT2D eigenvalue weighted by Crippen LogP contribution is 2.65. The lowest BCUT2D eigenvalue weighted by atomic mass is 9.46. The van der Waals surface area contributed by atoms with Crippen molar-refractivity contribution >= 4 is 17.5 Å². The number of hydrogen-bond acceptors (Lipinski definition) is 4. The molecule has 1 N–H and O–H groups in total. The molecule has 1 saturated heterocycles. The van der Waals surface area contributed by atoms with E-state index < -0.39 is 23.4 Å². The van der Waals surface area contributed by atoms with Gasteiger partial charge in [0.1, 0.15) is 5.75 Å². The maximum atomic E-state index is 14.1. The molecule has 0 aromatic heterocycles. The number of carbonyl (C=O) groups excluding carboxylic acids is 2. The molecule has 1 heterocycles. The average molecular weight is 425 g/mol. The molecule has 2 bridgehead atoms. The van der Waals surface area contributed by atoms with Gasteiger partial charge in [-0.15, -0.1) is 0 Å². The molecule has 5 nitrogen and oxygen atoms in total. The van der Waals surface area contributed by atoms with Crippen LogP contribution in [0.25, 0.3) is 0 Å². The zero-order chi connectivity index (χ0) is 22.2. The molecule has 1 aliphatic heterocycles. The van der Waals surface area contributed by atoms with Crippen molar-refractivity contribution in [3.63, 3.8) is 0 Å². The molecule has 0 spiro atoms. The van der Waals surface area contributed by atoms with Gasteiger partial charge < -0.3 is 9.84 Å². The van der Waals surface area contributed by atoms with E-state index in [-0.39, 0.29) is 17.7 Å². The fourth-order valence-electron chi connectivity index (χ4n) is 6.59. The first-order valence-electron chi connectivity index (χ1n) is 10.9. The normalized spacial score (nSPS) is 28.2. The Morgan fingerprint density at radius 2 is 1.44 bits per heavy atom. The first-order chi connectivity index (χ1) is 15.5. The highest BCUT2D eigenvalue weighted by Gasteiger charge is 2.69. The van der Waals surface area contributed by atoms with Gasteiger partial charge in [0.15, 0.2) is 0 Å². The van der Waals surface area contributed by atoms with Crippen molar-refractivity contribution in [1.82, 2.24) is 0 Å². The number of rotatable bonds is 3. The number of nitrogens with zero attached hydrogens (tertiary/aromatic N) is 1. The van der Waals surface area contributed by atoms with Gasteiger partial charge in [-0.2, -0.15) is 0 Å². The Bertz CT molecular complexity index is 1230. The van der Waals surface area contributed by atoms with Gasteiger partial charge in [-0.05, 0) is 41.3 Å². The lowest BCUT2D eigenvalue weighted by Gasteiger charge is -2.55. The summed E-state index contributed by atoms with van der Waals surface area (Å²) in [5.41, 5.74) is 3.40. The second-order valence-electron chi connectivity index (χ2n) is 8.88. The molecule has 3 atom stereocenters. The Kier molecular flexibility index (Phi) is 3.93. The summed E-state index contributed by atoms with van der Waals surface area (Å²) in [5, 5.41) is 11.3. The van der Waals surface area contributed by atoms with Crippen LogP contribution < -0.4 is 9.64 Å². The van der Waals surface area contributed by atoms with Gasteiger partial charge in [0.2, 0.25) is 11.8 Å². The van der Waals surface area contributed by atoms with Gasteiger partial charge in [-0.3, -0.25) is 9.59 Å². The molecule has 2 amide bonds. The van der Waals surface area contributed by atoms with E-state index in [4.69, 9.17) is 4.74 Å². The van der Waals surface area contributed by atoms with Gasteiger partial charge in [0, 0.05) is 5.92 Å². The largest absolute Gasteiger partial charge is 0.495 e. The molecule has 5 heteroatoms. The summed E-state index contributed by atoms with van der Waals surface area (Å²) in [6, 6.07) is 23.0. The van der Waals surface area contributed by atoms with Crippen LogP contribution in [0.5, 0.6) is 5.75 Å². The molecule has 3 aliphatic carbocycles. The number of carbonyl (C=O) groups is 2. The third kappa shape index (κ3) is 2.07. The summed E-state index contributed by atoms with van der Waals surface area (Å²) in [7, 11) is 1.53. The SMILES string of the molecule is COc1ccccc1N1C(=O)[C@@H]2C3c4ccccc4C([C@H](C)O)(c4ccccc43)[C@@H]2C1=O. The van der Waals surface area contributed by atoms with Crippen molar-refractivity contribution in [3.05, 3.63) is 95.1 Å². The molecular weight excluding hydrogens is 402 g/mol. The fourth-order valence-corrected chi connectivity index (χ4v) is 6.59. The maximum Gasteiger partial charge on any atom is 0.239 e. The number of benzene rings is 3. The molecule has 0 unspecified atom stereocenters.